The van der Waals surface area contributed by atoms with Crippen molar-refractivity contribution in [2.24, 2.45) is 0 Å². The van der Waals surface area contributed by atoms with Crippen molar-refractivity contribution in [1.29, 1.82) is 0 Å². The zero-order valence-electron chi connectivity index (χ0n) is 35.4. The number of allylic oxidation sites excluding steroid dienone is 2. The van der Waals surface area contributed by atoms with Crippen LogP contribution in [0.2, 0.25) is 0 Å². The van der Waals surface area contributed by atoms with Crippen LogP contribution in [-0.2, 0) is 28.6 Å². The average Bonchev–Trinajstić information content (AvgIpc) is 3.11. The minimum absolute atomic E-state index is 0.0444. The maximum Gasteiger partial charge on any atom is 0.306 e. The molecule has 8 nitrogen and oxygen atoms in total. The van der Waals surface area contributed by atoms with Crippen LogP contribution in [0.1, 0.15) is 206 Å². The van der Waals surface area contributed by atoms with E-state index in [4.69, 9.17) is 14.2 Å². The summed E-state index contributed by atoms with van der Waals surface area (Å²) in [7, 11) is 5.41. The molecule has 0 radical (unpaired) electrons. The van der Waals surface area contributed by atoms with E-state index in [0.29, 0.717) is 12.8 Å². The number of rotatable bonds is 40. The van der Waals surface area contributed by atoms with Gasteiger partial charge in [0.15, 0.2) is 6.10 Å². The number of hydrogen-bond donors (Lipinski definition) is 0. The third kappa shape index (κ3) is 35.5. The van der Waals surface area contributed by atoms with Gasteiger partial charge in [-0.05, 0) is 38.5 Å². The summed E-state index contributed by atoms with van der Waals surface area (Å²) in [6, 6.07) is -0.721. The van der Waals surface area contributed by atoms with E-state index in [2.05, 4.69) is 26.0 Å². The Bertz CT molecular complexity index is 885. The molecule has 0 aliphatic carbocycles. The summed E-state index contributed by atoms with van der Waals surface area (Å²) in [5.41, 5.74) is 0. The molecule has 0 N–H and O–H groups in total. The highest BCUT2D eigenvalue weighted by Gasteiger charge is 2.25. The molecular formula is C45H85NO7. The van der Waals surface area contributed by atoms with Gasteiger partial charge >= 0.3 is 11.9 Å². The van der Waals surface area contributed by atoms with Crippen LogP contribution in [0.3, 0.4) is 0 Å². The summed E-state index contributed by atoms with van der Waals surface area (Å²) >= 11 is 0. The lowest BCUT2D eigenvalue weighted by molar-refractivity contribution is -0.889. The van der Waals surface area contributed by atoms with Gasteiger partial charge in [0.05, 0.1) is 40.3 Å². The van der Waals surface area contributed by atoms with Crippen LogP contribution >= 0.6 is 0 Å². The summed E-state index contributed by atoms with van der Waals surface area (Å²) in [4.78, 5) is 36.7. The third-order valence-corrected chi connectivity index (χ3v) is 10.2. The number of ether oxygens (including phenoxy) is 3. The fraction of sp³-hybridized carbons (Fsp3) is 0.889. The molecule has 8 heteroatoms. The van der Waals surface area contributed by atoms with Crippen molar-refractivity contribution in [2.75, 3.05) is 41.0 Å². The van der Waals surface area contributed by atoms with Gasteiger partial charge in [0.1, 0.15) is 12.6 Å². The molecule has 0 fully saturated rings. The van der Waals surface area contributed by atoms with Crippen molar-refractivity contribution < 1.29 is 38.2 Å². The Hall–Kier alpha value is -1.93. The number of esters is 2. The molecule has 2 atom stereocenters. The number of likely N-dealkylation sites (N-methyl/N-ethyl adjacent to an activating group) is 1. The Morgan fingerprint density at radius 1 is 0.547 bits per heavy atom. The van der Waals surface area contributed by atoms with Crippen molar-refractivity contribution >= 4 is 17.9 Å². The zero-order valence-corrected chi connectivity index (χ0v) is 35.4. The molecule has 0 aliphatic heterocycles. The van der Waals surface area contributed by atoms with Crippen molar-refractivity contribution in [1.82, 2.24) is 0 Å². The van der Waals surface area contributed by atoms with Crippen LogP contribution in [0.25, 0.3) is 0 Å². The normalized spacial score (nSPS) is 13.0. The van der Waals surface area contributed by atoms with Gasteiger partial charge in [0.2, 0.25) is 0 Å². The minimum atomic E-state index is -1.12. The molecular weight excluding hydrogens is 666 g/mol. The number of nitrogens with zero attached hydrogens (tertiary/aromatic N) is 1. The number of carboxylic acid groups (broad SMARTS) is 1. The van der Waals surface area contributed by atoms with Crippen molar-refractivity contribution in [2.45, 2.75) is 219 Å². The lowest BCUT2D eigenvalue weighted by Gasteiger charge is -2.34. The number of carbonyl (C=O) groups is 3. The molecule has 0 amide bonds. The maximum absolute atomic E-state index is 12.6. The Morgan fingerprint density at radius 2 is 0.943 bits per heavy atom. The van der Waals surface area contributed by atoms with Crippen LogP contribution in [0.15, 0.2) is 12.2 Å². The number of aliphatic carboxylic acids is 1. The van der Waals surface area contributed by atoms with Gasteiger partial charge < -0.3 is 28.6 Å². The molecule has 0 aliphatic rings. The van der Waals surface area contributed by atoms with Crippen LogP contribution in [0, 0.1) is 0 Å². The topological polar surface area (TPSA) is 102 Å². The van der Waals surface area contributed by atoms with Crippen LogP contribution < -0.4 is 5.11 Å². The highest BCUT2D eigenvalue weighted by Crippen LogP contribution is 2.15. The third-order valence-electron chi connectivity index (χ3n) is 10.2. The molecule has 0 aromatic heterocycles. The van der Waals surface area contributed by atoms with E-state index in [1.165, 1.54) is 135 Å². The van der Waals surface area contributed by atoms with E-state index in [9.17, 15) is 19.5 Å². The Kier molecular flexibility index (Phi) is 35.7. The van der Waals surface area contributed by atoms with Crippen molar-refractivity contribution in [3.63, 3.8) is 0 Å². The summed E-state index contributed by atoms with van der Waals surface area (Å²) in [6.07, 6.45) is 38.1. The van der Waals surface area contributed by atoms with Gasteiger partial charge in [-0.15, -0.1) is 0 Å². The maximum atomic E-state index is 12.6. The lowest BCUT2D eigenvalue weighted by Crippen LogP contribution is -2.55. The van der Waals surface area contributed by atoms with Gasteiger partial charge in [-0.25, -0.2) is 0 Å². The number of unbranched alkanes of at least 4 members (excludes halogenated alkanes) is 24. The van der Waals surface area contributed by atoms with Crippen molar-refractivity contribution in [3.8, 4) is 0 Å². The molecule has 0 rings (SSSR count). The first-order valence-electron chi connectivity index (χ1n) is 22.2. The standard InChI is InChI=1S/C45H85NO7/c1-6-8-10-12-14-16-17-18-19-20-21-22-23-24-25-26-28-29-31-33-35-43(47)52-40-41(39-51-38-37-42(45(49)50)46(3,4)5)53-44(48)36-34-32-30-27-15-13-11-9-7-2/h21-22,41-42H,6-20,23-40H2,1-5H3/b22-21+. The Labute approximate surface area is 327 Å². The van der Waals surface area contributed by atoms with Gasteiger partial charge in [-0.2, -0.15) is 0 Å². The van der Waals surface area contributed by atoms with E-state index in [-0.39, 0.29) is 42.7 Å². The molecule has 312 valence electrons. The van der Waals surface area contributed by atoms with Gasteiger partial charge in [-0.3, -0.25) is 9.59 Å². The number of quaternary nitrogens is 1. The predicted octanol–water partition coefficient (Wildman–Crippen LogP) is 10.6. The molecule has 2 unspecified atom stereocenters. The van der Waals surface area contributed by atoms with E-state index in [0.717, 1.165) is 38.5 Å². The van der Waals surface area contributed by atoms with Gasteiger partial charge in [0, 0.05) is 19.3 Å². The number of carbonyl (C=O) groups excluding carboxylic acids is 3. The predicted molar refractivity (Wildman–Crippen MR) is 217 cm³/mol. The van der Waals surface area contributed by atoms with Crippen LogP contribution in [-0.4, -0.2) is 75.5 Å². The van der Waals surface area contributed by atoms with Crippen LogP contribution in [0.5, 0.6) is 0 Å². The SMILES string of the molecule is CCCCCCCCCCC/C=C/CCCCCCCCCC(=O)OCC(COCCC(C(=O)[O-])[N+](C)(C)C)OC(=O)CCCCCCCCCCC. The number of hydrogen-bond acceptors (Lipinski definition) is 7. The molecule has 0 saturated heterocycles. The molecule has 0 saturated carbocycles. The van der Waals surface area contributed by atoms with E-state index in [1.807, 2.05) is 0 Å². The highest BCUT2D eigenvalue weighted by molar-refractivity contribution is 5.70. The first-order valence-corrected chi connectivity index (χ1v) is 22.2. The first-order chi connectivity index (χ1) is 25.6. The minimum Gasteiger partial charge on any atom is -0.544 e. The fourth-order valence-electron chi connectivity index (χ4n) is 6.65. The first kappa shape index (κ1) is 51.1. The summed E-state index contributed by atoms with van der Waals surface area (Å²) in [5.74, 6) is -1.73. The molecule has 0 bridgehead atoms. The van der Waals surface area contributed by atoms with Crippen LogP contribution in [0.4, 0.5) is 0 Å². The molecule has 0 spiro atoms. The zero-order chi connectivity index (χ0) is 39.3. The Balaban J connectivity index is 4.20. The number of carboxylic acids is 1. The lowest BCUT2D eigenvalue weighted by atomic mass is 10.1. The van der Waals surface area contributed by atoms with E-state index >= 15 is 0 Å². The second kappa shape index (κ2) is 37.0. The van der Waals surface area contributed by atoms with Crippen molar-refractivity contribution in [3.05, 3.63) is 12.2 Å². The summed E-state index contributed by atoms with van der Waals surface area (Å²) in [6.45, 7) is 4.65. The summed E-state index contributed by atoms with van der Waals surface area (Å²) in [5, 5.41) is 11.6. The summed E-state index contributed by atoms with van der Waals surface area (Å²) < 4.78 is 17.1. The van der Waals surface area contributed by atoms with E-state index in [1.54, 1.807) is 21.1 Å². The highest BCUT2D eigenvalue weighted by atomic mass is 16.6. The van der Waals surface area contributed by atoms with E-state index < -0.39 is 18.1 Å². The monoisotopic (exact) mass is 752 g/mol. The average molecular weight is 752 g/mol. The van der Waals surface area contributed by atoms with Gasteiger partial charge in [0.25, 0.3) is 0 Å². The fourth-order valence-corrected chi connectivity index (χ4v) is 6.65. The second-order valence-corrected chi connectivity index (χ2v) is 16.3. The van der Waals surface area contributed by atoms with Gasteiger partial charge in [-0.1, -0.05) is 161 Å². The second-order valence-electron chi connectivity index (χ2n) is 16.3. The molecule has 0 heterocycles. The molecule has 0 aromatic carbocycles. The molecule has 0 aromatic rings. The smallest absolute Gasteiger partial charge is 0.306 e. The quantitative estimate of drug-likeness (QED) is 0.0266. The molecule has 53 heavy (non-hydrogen) atoms. The Morgan fingerprint density at radius 3 is 1.36 bits per heavy atom. The largest absolute Gasteiger partial charge is 0.544 e.